The molecular weight excluding hydrogens is 276 g/mol. The summed E-state index contributed by atoms with van der Waals surface area (Å²) in [6.07, 6.45) is 5.45. The number of carbonyl (C=O) groups excluding carboxylic acids is 1. The summed E-state index contributed by atoms with van der Waals surface area (Å²) in [5.41, 5.74) is 3.83. The van der Waals surface area contributed by atoms with Crippen LogP contribution in [0.2, 0.25) is 0 Å². The van der Waals surface area contributed by atoms with Gasteiger partial charge in [0.1, 0.15) is 0 Å². The molecule has 0 unspecified atom stereocenters. The fourth-order valence-corrected chi connectivity index (χ4v) is 2.29. The molecule has 0 fully saturated rings. The predicted molar refractivity (Wildman–Crippen MR) is 81.7 cm³/mol. The zero-order valence-electron chi connectivity index (χ0n) is 11.2. The summed E-state index contributed by atoms with van der Waals surface area (Å²) in [6, 6.07) is 5.98. The number of fused-ring (bicyclic) bond motifs is 1. The first-order valence-corrected chi connectivity index (χ1v) is 6.39. The highest BCUT2D eigenvalue weighted by atomic mass is 35.5. The second-order valence-corrected chi connectivity index (χ2v) is 4.76. The van der Waals surface area contributed by atoms with E-state index in [9.17, 15) is 4.79 Å². The lowest BCUT2D eigenvalue weighted by molar-refractivity contribution is 0.102. The van der Waals surface area contributed by atoms with E-state index in [4.69, 9.17) is 0 Å². The minimum absolute atomic E-state index is 0. The van der Waals surface area contributed by atoms with Crippen LogP contribution in [0.1, 0.15) is 22.3 Å². The SMILES string of the molecule is Cl.Cn1cc(C(=O)Nc2ccc3c(c2)CCCN3)cn1. The van der Waals surface area contributed by atoms with Crippen LogP contribution in [0.15, 0.2) is 30.6 Å². The number of aryl methyl sites for hydroxylation is 2. The van der Waals surface area contributed by atoms with E-state index in [0.29, 0.717) is 5.56 Å². The highest BCUT2D eigenvalue weighted by Crippen LogP contribution is 2.25. The van der Waals surface area contributed by atoms with Gasteiger partial charge in [-0.1, -0.05) is 0 Å². The molecule has 0 bridgehead atoms. The summed E-state index contributed by atoms with van der Waals surface area (Å²) >= 11 is 0. The zero-order chi connectivity index (χ0) is 13.2. The van der Waals surface area contributed by atoms with Crippen LogP contribution in [-0.2, 0) is 13.5 Å². The van der Waals surface area contributed by atoms with E-state index in [1.165, 1.54) is 11.3 Å². The van der Waals surface area contributed by atoms with E-state index >= 15 is 0 Å². The molecule has 2 heterocycles. The van der Waals surface area contributed by atoms with Gasteiger partial charge >= 0.3 is 0 Å². The first kappa shape index (κ1) is 14.4. The second-order valence-electron chi connectivity index (χ2n) is 4.76. The van der Waals surface area contributed by atoms with Gasteiger partial charge in [0, 0.05) is 31.2 Å². The van der Waals surface area contributed by atoms with Crippen LogP contribution in [0.4, 0.5) is 11.4 Å². The normalized spacial score (nSPS) is 12.8. The van der Waals surface area contributed by atoms with Gasteiger partial charge in [0.2, 0.25) is 0 Å². The van der Waals surface area contributed by atoms with E-state index in [-0.39, 0.29) is 18.3 Å². The Balaban J connectivity index is 0.00000147. The first-order chi connectivity index (χ1) is 9.22. The van der Waals surface area contributed by atoms with E-state index in [1.54, 1.807) is 24.1 Å². The van der Waals surface area contributed by atoms with Crippen molar-refractivity contribution in [3.8, 4) is 0 Å². The summed E-state index contributed by atoms with van der Waals surface area (Å²) in [6.45, 7) is 1.02. The molecule has 1 aliphatic heterocycles. The van der Waals surface area contributed by atoms with E-state index < -0.39 is 0 Å². The Morgan fingerprint density at radius 1 is 1.45 bits per heavy atom. The third-order valence-electron chi connectivity index (χ3n) is 3.27. The number of anilines is 2. The average Bonchev–Trinajstić information content (AvgIpc) is 2.85. The maximum atomic E-state index is 12.0. The minimum Gasteiger partial charge on any atom is -0.385 e. The van der Waals surface area contributed by atoms with Gasteiger partial charge in [0.05, 0.1) is 11.8 Å². The van der Waals surface area contributed by atoms with Gasteiger partial charge in [-0.15, -0.1) is 12.4 Å². The smallest absolute Gasteiger partial charge is 0.258 e. The molecule has 1 aromatic heterocycles. The number of aromatic nitrogens is 2. The van der Waals surface area contributed by atoms with Crippen molar-refractivity contribution in [2.45, 2.75) is 12.8 Å². The molecule has 106 valence electrons. The predicted octanol–water partition coefficient (Wildman–Crippen LogP) is 2.45. The summed E-state index contributed by atoms with van der Waals surface area (Å²) < 4.78 is 1.62. The maximum Gasteiger partial charge on any atom is 0.258 e. The number of amides is 1. The Morgan fingerprint density at radius 3 is 3.05 bits per heavy atom. The van der Waals surface area contributed by atoms with Gasteiger partial charge in [-0.05, 0) is 36.6 Å². The highest BCUT2D eigenvalue weighted by Gasteiger charge is 2.11. The zero-order valence-corrected chi connectivity index (χ0v) is 12.0. The monoisotopic (exact) mass is 292 g/mol. The molecule has 1 aliphatic rings. The van der Waals surface area contributed by atoms with E-state index in [2.05, 4.69) is 15.7 Å². The van der Waals surface area contributed by atoms with Gasteiger partial charge in [-0.2, -0.15) is 5.10 Å². The van der Waals surface area contributed by atoms with Crippen LogP contribution in [0.3, 0.4) is 0 Å². The van der Waals surface area contributed by atoms with Crippen molar-refractivity contribution in [1.29, 1.82) is 0 Å². The molecule has 20 heavy (non-hydrogen) atoms. The lowest BCUT2D eigenvalue weighted by atomic mass is 10.0. The molecule has 0 saturated heterocycles. The molecule has 2 N–H and O–H groups in total. The lowest BCUT2D eigenvalue weighted by Crippen LogP contribution is -2.14. The number of nitrogens with zero attached hydrogens (tertiary/aromatic N) is 2. The van der Waals surface area contributed by atoms with Gasteiger partial charge in [-0.25, -0.2) is 0 Å². The first-order valence-electron chi connectivity index (χ1n) is 6.39. The Morgan fingerprint density at radius 2 is 2.30 bits per heavy atom. The van der Waals surface area contributed by atoms with E-state index in [1.807, 2.05) is 18.2 Å². The molecule has 0 saturated carbocycles. The van der Waals surface area contributed by atoms with Crippen molar-refractivity contribution in [2.24, 2.45) is 7.05 Å². The van der Waals surface area contributed by atoms with Crippen molar-refractivity contribution in [3.63, 3.8) is 0 Å². The summed E-state index contributed by atoms with van der Waals surface area (Å²) in [4.78, 5) is 12.0. The molecule has 0 aliphatic carbocycles. The largest absolute Gasteiger partial charge is 0.385 e. The number of rotatable bonds is 2. The van der Waals surface area contributed by atoms with Gasteiger partial charge in [-0.3, -0.25) is 9.48 Å². The summed E-state index contributed by atoms with van der Waals surface area (Å²) in [7, 11) is 1.79. The van der Waals surface area contributed by atoms with Crippen molar-refractivity contribution in [3.05, 3.63) is 41.7 Å². The maximum absolute atomic E-state index is 12.0. The van der Waals surface area contributed by atoms with Crippen molar-refractivity contribution >= 4 is 29.7 Å². The Bertz CT molecular complexity index is 623. The summed E-state index contributed by atoms with van der Waals surface area (Å²) in [5.74, 6) is -0.128. The molecule has 0 spiro atoms. The van der Waals surface area contributed by atoms with Gasteiger partial charge < -0.3 is 10.6 Å². The molecule has 0 radical (unpaired) electrons. The quantitative estimate of drug-likeness (QED) is 0.894. The standard InChI is InChI=1S/C14H16N4O.ClH/c1-18-9-11(8-16-18)14(19)17-12-4-5-13-10(7-12)3-2-6-15-13;/h4-5,7-9,15H,2-3,6H2,1H3,(H,17,19);1H. The van der Waals surface area contributed by atoms with Crippen LogP contribution < -0.4 is 10.6 Å². The Labute approximate surface area is 123 Å². The number of carbonyl (C=O) groups is 1. The molecule has 5 nitrogen and oxygen atoms in total. The van der Waals surface area contributed by atoms with Crippen LogP contribution in [0, 0.1) is 0 Å². The fourth-order valence-electron chi connectivity index (χ4n) is 2.29. The van der Waals surface area contributed by atoms with Crippen LogP contribution >= 0.6 is 12.4 Å². The molecule has 6 heteroatoms. The third-order valence-corrected chi connectivity index (χ3v) is 3.27. The average molecular weight is 293 g/mol. The van der Waals surface area contributed by atoms with Crippen LogP contribution in [0.25, 0.3) is 0 Å². The lowest BCUT2D eigenvalue weighted by Gasteiger charge is -2.18. The van der Waals surface area contributed by atoms with Crippen LogP contribution in [0.5, 0.6) is 0 Å². The molecule has 1 amide bonds. The number of hydrogen-bond acceptors (Lipinski definition) is 3. The molecule has 0 atom stereocenters. The topological polar surface area (TPSA) is 59.0 Å². The minimum atomic E-state index is -0.128. The summed E-state index contributed by atoms with van der Waals surface area (Å²) in [5, 5.41) is 10.2. The number of nitrogens with one attached hydrogen (secondary N) is 2. The van der Waals surface area contributed by atoms with Crippen molar-refractivity contribution < 1.29 is 4.79 Å². The number of halogens is 1. The molecule has 3 rings (SSSR count). The van der Waals surface area contributed by atoms with Crippen LogP contribution in [-0.4, -0.2) is 22.2 Å². The molecule has 1 aromatic carbocycles. The van der Waals surface area contributed by atoms with E-state index in [0.717, 1.165) is 25.1 Å². The van der Waals surface area contributed by atoms with Crippen molar-refractivity contribution in [2.75, 3.05) is 17.2 Å². The third kappa shape index (κ3) is 2.93. The molecular formula is C14H17ClN4O. The van der Waals surface area contributed by atoms with Gasteiger partial charge in [0.15, 0.2) is 0 Å². The molecule has 2 aromatic rings. The highest BCUT2D eigenvalue weighted by molar-refractivity contribution is 6.04. The number of hydrogen-bond donors (Lipinski definition) is 2. The fraction of sp³-hybridized carbons (Fsp3) is 0.286. The Kier molecular flexibility index (Phi) is 4.29. The second kappa shape index (κ2) is 5.96. The Hall–Kier alpha value is -2.01. The van der Waals surface area contributed by atoms with Crippen molar-refractivity contribution in [1.82, 2.24) is 9.78 Å². The van der Waals surface area contributed by atoms with Gasteiger partial charge in [0.25, 0.3) is 5.91 Å². The number of benzene rings is 1.